The largest absolute Gasteiger partial charge is 0.422 e. The highest BCUT2D eigenvalue weighted by molar-refractivity contribution is 9.10. The Bertz CT molecular complexity index is 997. The number of halogens is 5. The predicted molar refractivity (Wildman–Crippen MR) is 85.2 cm³/mol. The number of H-pyrrole nitrogens is 1. The van der Waals surface area contributed by atoms with Crippen LogP contribution in [0.2, 0.25) is 0 Å². The fourth-order valence-electron chi connectivity index (χ4n) is 2.49. The van der Waals surface area contributed by atoms with E-state index in [2.05, 4.69) is 25.9 Å². The average Bonchev–Trinajstić information content (AvgIpc) is 2.51. The van der Waals surface area contributed by atoms with Crippen molar-refractivity contribution in [3.05, 3.63) is 62.2 Å². The summed E-state index contributed by atoms with van der Waals surface area (Å²) in [5.41, 5.74) is -2.50. The Labute approximate surface area is 141 Å². The number of aromatic amines is 1. The minimum atomic E-state index is -4.99. The molecule has 0 aliphatic carbocycles. The zero-order valence-electron chi connectivity index (χ0n) is 12.1. The van der Waals surface area contributed by atoms with Crippen molar-refractivity contribution in [3.8, 4) is 11.3 Å². The molecule has 0 aliphatic heterocycles. The summed E-state index contributed by atoms with van der Waals surface area (Å²) in [6, 6.07) is 8.02. The molecule has 3 aromatic rings. The maximum atomic E-state index is 14.2. The number of fused-ring (bicyclic) bond motifs is 1. The molecule has 2 heterocycles. The van der Waals surface area contributed by atoms with Gasteiger partial charge in [0.15, 0.2) is 0 Å². The van der Waals surface area contributed by atoms with Crippen molar-refractivity contribution in [2.75, 3.05) is 0 Å². The fraction of sp³-hybridized carbons (Fsp3) is 0.125. The van der Waals surface area contributed by atoms with Crippen LogP contribution in [0.5, 0.6) is 0 Å². The van der Waals surface area contributed by atoms with Crippen molar-refractivity contribution in [3.63, 3.8) is 0 Å². The molecule has 0 bridgehead atoms. The molecule has 3 nitrogen and oxygen atoms in total. The standard InChI is InChI=1S/C16H9BrF4N2O/c1-7-11(17)14(24)9-12(8-5-3-2-4-6-8)23-15(18)10(13(9)22-7)16(19,20)21/h2-6H,1H3,(H,22,24). The Kier molecular flexibility index (Phi) is 3.95. The van der Waals surface area contributed by atoms with Crippen LogP contribution in [0.25, 0.3) is 22.2 Å². The zero-order chi connectivity index (χ0) is 17.6. The molecule has 2 aromatic heterocycles. The first-order valence-corrected chi connectivity index (χ1v) is 7.55. The van der Waals surface area contributed by atoms with Crippen LogP contribution in [-0.4, -0.2) is 9.97 Å². The van der Waals surface area contributed by atoms with Gasteiger partial charge in [-0.25, -0.2) is 4.98 Å². The van der Waals surface area contributed by atoms with E-state index in [1.54, 1.807) is 30.3 Å². The van der Waals surface area contributed by atoms with E-state index in [1.807, 2.05) is 0 Å². The lowest BCUT2D eigenvalue weighted by Gasteiger charge is -2.15. The lowest BCUT2D eigenvalue weighted by Crippen LogP contribution is -2.17. The highest BCUT2D eigenvalue weighted by Crippen LogP contribution is 2.38. The van der Waals surface area contributed by atoms with Gasteiger partial charge in [0.25, 0.3) is 0 Å². The number of nitrogens with one attached hydrogen (secondary N) is 1. The van der Waals surface area contributed by atoms with E-state index < -0.39 is 28.6 Å². The first kappa shape index (κ1) is 16.6. The second-order valence-electron chi connectivity index (χ2n) is 5.13. The van der Waals surface area contributed by atoms with Gasteiger partial charge in [0, 0.05) is 11.3 Å². The summed E-state index contributed by atoms with van der Waals surface area (Å²) in [4.78, 5) is 18.5. The third kappa shape index (κ3) is 2.60. The molecule has 0 fully saturated rings. The summed E-state index contributed by atoms with van der Waals surface area (Å²) in [5.74, 6) is -1.67. The van der Waals surface area contributed by atoms with Crippen LogP contribution in [0.15, 0.2) is 39.6 Å². The number of rotatable bonds is 1. The number of alkyl halides is 3. The quantitative estimate of drug-likeness (QED) is 0.470. The second kappa shape index (κ2) is 5.70. The summed E-state index contributed by atoms with van der Waals surface area (Å²) in [5, 5.41) is -0.313. The summed E-state index contributed by atoms with van der Waals surface area (Å²) in [7, 11) is 0. The molecule has 0 amide bonds. The molecule has 0 aliphatic rings. The summed E-state index contributed by atoms with van der Waals surface area (Å²) >= 11 is 3.05. The van der Waals surface area contributed by atoms with Crippen LogP contribution in [0, 0.1) is 12.9 Å². The Balaban J connectivity index is 2.58. The molecule has 0 atom stereocenters. The second-order valence-corrected chi connectivity index (χ2v) is 5.93. The van der Waals surface area contributed by atoms with Crippen LogP contribution in [-0.2, 0) is 6.18 Å². The van der Waals surface area contributed by atoms with E-state index in [0.29, 0.717) is 5.56 Å². The SMILES string of the molecule is Cc1[nH]c2c(C(F)(F)F)c(F)nc(-c3ccccc3)c2c(=O)c1Br. The van der Waals surface area contributed by atoms with Crippen molar-refractivity contribution < 1.29 is 17.6 Å². The van der Waals surface area contributed by atoms with Crippen molar-refractivity contribution in [1.82, 2.24) is 9.97 Å². The molecule has 8 heteroatoms. The molecule has 0 spiro atoms. The maximum absolute atomic E-state index is 14.2. The number of nitrogens with zero attached hydrogens (tertiary/aromatic N) is 1. The van der Waals surface area contributed by atoms with E-state index in [4.69, 9.17) is 0 Å². The molecule has 0 saturated heterocycles. The number of hydrogen-bond donors (Lipinski definition) is 1. The summed E-state index contributed by atoms with van der Waals surface area (Å²) in [6.07, 6.45) is -4.99. The van der Waals surface area contributed by atoms with Gasteiger partial charge in [0.1, 0.15) is 5.56 Å². The van der Waals surface area contributed by atoms with Crippen molar-refractivity contribution in [1.29, 1.82) is 0 Å². The minimum absolute atomic E-state index is 0.0775. The van der Waals surface area contributed by atoms with Gasteiger partial charge < -0.3 is 4.98 Å². The lowest BCUT2D eigenvalue weighted by atomic mass is 10.0. The van der Waals surface area contributed by atoms with Gasteiger partial charge in [0.2, 0.25) is 11.4 Å². The van der Waals surface area contributed by atoms with E-state index in [-0.39, 0.29) is 21.2 Å². The van der Waals surface area contributed by atoms with Gasteiger partial charge in [-0.1, -0.05) is 30.3 Å². The molecule has 1 N–H and O–H groups in total. The number of pyridine rings is 2. The van der Waals surface area contributed by atoms with Gasteiger partial charge in [-0.05, 0) is 22.9 Å². The van der Waals surface area contributed by atoms with E-state index >= 15 is 0 Å². The molecular formula is C16H9BrF4N2O. The molecule has 0 saturated carbocycles. The van der Waals surface area contributed by atoms with E-state index in [0.717, 1.165) is 0 Å². The number of aromatic nitrogens is 2. The monoisotopic (exact) mass is 400 g/mol. The van der Waals surface area contributed by atoms with Gasteiger partial charge >= 0.3 is 6.18 Å². The van der Waals surface area contributed by atoms with Crippen molar-refractivity contribution >= 4 is 26.8 Å². The molecule has 24 heavy (non-hydrogen) atoms. The lowest BCUT2D eigenvalue weighted by molar-refractivity contribution is -0.139. The smallest absolute Gasteiger partial charge is 0.357 e. The zero-order valence-corrected chi connectivity index (χ0v) is 13.7. The van der Waals surface area contributed by atoms with Gasteiger partial charge in [-0.2, -0.15) is 17.6 Å². The van der Waals surface area contributed by atoms with Crippen LogP contribution < -0.4 is 5.43 Å². The topological polar surface area (TPSA) is 45.8 Å². The molecular weight excluding hydrogens is 392 g/mol. The van der Waals surface area contributed by atoms with Gasteiger partial charge in [-0.15, -0.1) is 0 Å². The first-order chi connectivity index (χ1) is 11.2. The van der Waals surface area contributed by atoms with E-state index in [9.17, 15) is 22.4 Å². The molecule has 3 rings (SSSR count). The highest BCUT2D eigenvalue weighted by atomic mass is 79.9. The van der Waals surface area contributed by atoms with E-state index in [1.165, 1.54) is 6.92 Å². The molecule has 124 valence electrons. The Morgan fingerprint density at radius 1 is 1.17 bits per heavy atom. The molecule has 0 unspecified atom stereocenters. The maximum Gasteiger partial charge on any atom is 0.422 e. The van der Waals surface area contributed by atoms with Crippen LogP contribution in [0.4, 0.5) is 17.6 Å². The van der Waals surface area contributed by atoms with Crippen LogP contribution in [0.1, 0.15) is 11.3 Å². The number of hydrogen-bond acceptors (Lipinski definition) is 2. The number of aryl methyl sites for hydroxylation is 1. The van der Waals surface area contributed by atoms with Crippen molar-refractivity contribution in [2.45, 2.75) is 13.1 Å². The average molecular weight is 401 g/mol. The summed E-state index contributed by atoms with van der Waals surface area (Å²) in [6.45, 7) is 1.42. The van der Waals surface area contributed by atoms with Gasteiger partial charge in [0.05, 0.1) is 21.1 Å². The Morgan fingerprint density at radius 3 is 2.38 bits per heavy atom. The third-order valence-electron chi connectivity index (χ3n) is 3.55. The number of benzene rings is 1. The molecule has 1 aromatic carbocycles. The molecule has 0 radical (unpaired) electrons. The summed E-state index contributed by atoms with van der Waals surface area (Å²) < 4.78 is 54.0. The Hall–Kier alpha value is -2.22. The highest BCUT2D eigenvalue weighted by Gasteiger charge is 2.39. The predicted octanol–water partition coefficient (Wildman–Crippen LogP) is 4.82. The fourth-order valence-corrected chi connectivity index (χ4v) is 2.79. The van der Waals surface area contributed by atoms with Crippen LogP contribution >= 0.6 is 15.9 Å². The normalized spacial score (nSPS) is 11.9. The van der Waals surface area contributed by atoms with Gasteiger partial charge in [-0.3, -0.25) is 4.79 Å². The first-order valence-electron chi connectivity index (χ1n) is 6.76. The van der Waals surface area contributed by atoms with Crippen LogP contribution in [0.3, 0.4) is 0 Å². The third-order valence-corrected chi connectivity index (χ3v) is 4.51. The minimum Gasteiger partial charge on any atom is -0.357 e. The Morgan fingerprint density at radius 2 is 1.79 bits per heavy atom. The van der Waals surface area contributed by atoms with Crippen molar-refractivity contribution in [2.24, 2.45) is 0 Å².